The number of carboxylic acid groups (broad SMARTS) is 1. The lowest BCUT2D eigenvalue weighted by Crippen LogP contribution is -2.10. The summed E-state index contributed by atoms with van der Waals surface area (Å²) >= 11 is 1.28. The number of carboxylic acids is 1. The van der Waals surface area contributed by atoms with Crippen molar-refractivity contribution < 1.29 is 19.4 Å². The first-order chi connectivity index (χ1) is 9.10. The molecule has 0 radical (unpaired) electrons. The van der Waals surface area contributed by atoms with E-state index < -0.39 is 5.97 Å². The summed E-state index contributed by atoms with van der Waals surface area (Å²) in [4.78, 5) is 23.1. The molecule has 98 valence electrons. The van der Waals surface area contributed by atoms with Crippen molar-refractivity contribution in [3.8, 4) is 5.75 Å². The molecule has 0 aliphatic rings. The fraction of sp³-hybridized carbons (Fsp3) is 0.0769. The molecular formula is C13H11NO4S. The lowest BCUT2D eigenvalue weighted by atomic mass is 10.2. The van der Waals surface area contributed by atoms with Gasteiger partial charge in [0, 0.05) is 17.1 Å². The number of aromatic carboxylic acids is 1. The van der Waals surface area contributed by atoms with Crippen LogP contribution in [0.4, 0.5) is 5.69 Å². The average Bonchev–Trinajstić information content (AvgIpc) is 2.88. The second-order valence-corrected chi connectivity index (χ2v) is 4.60. The van der Waals surface area contributed by atoms with Crippen molar-refractivity contribution in [2.24, 2.45) is 0 Å². The Morgan fingerprint density at radius 2 is 1.95 bits per heavy atom. The molecule has 6 heteroatoms. The van der Waals surface area contributed by atoms with Crippen LogP contribution < -0.4 is 10.1 Å². The lowest BCUT2D eigenvalue weighted by molar-refractivity contribution is 0.0696. The Hall–Kier alpha value is -2.34. The fourth-order valence-electron chi connectivity index (χ4n) is 1.43. The molecule has 0 saturated carbocycles. The van der Waals surface area contributed by atoms with Crippen LogP contribution in [0.3, 0.4) is 0 Å². The number of benzene rings is 1. The number of methoxy groups -OCH3 is 1. The number of nitrogens with one attached hydrogen (secondary N) is 1. The van der Waals surface area contributed by atoms with E-state index in [1.54, 1.807) is 23.6 Å². The fourth-order valence-corrected chi connectivity index (χ4v) is 2.18. The monoisotopic (exact) mass is 277 g/mol. The summed E-state index contributed by atoms with van der Waals surface area (Å²) in [7, 11) is 1.54. The summed E-state index contributed by atoms with van der Waals surface area (Å²) in [6, 6.07) is 7.61. The zero-order valence-electron chi connectivity index (χ0n) is 10.0. The standard InChI is InChI=1S/C13H11NO4S/c1-18-10-6-11(19-7-10)12(15)14-9-4-2-8(3-5-9)13(16)17/h2-7H,1H3,(H,14,15)(H,16,17). The number of ether oxygens (including phenoxy) is 1. The van der Waals surface area contributed by atoms with Crippen LogP contribution in [0, 0.1) is 0 Å². The normalized spacial score (nSPS) is 9.95. The molecule has 0 atom stereocenters. The van der Waals surface area contributed by atoms with Gasteiger partial charge in [-0.05, 0) is 24.3 Å². The Kier molecular flexibility index (Phi) is 3.82. The summed E-state index contributed by atoms with van der Waals surface area (Å²) in [5.74, 6) is -0.617. The van der Waals surface area contributed by atoms with Crippen LogP contribution in [0.15, 0.2) is 35.7 Å². The van der Waals surface area contributed by atoms with E-state index in [4.69, 9.17) is 9.84 Å². The molecule has 2 aromatic rings. The van der Waals surface area contributed by atoms with E-state index in [-0.39, 0.29) is 11.5 Å². The second-order valence-electron chi connectivity index (χ2n) is 3.69. The third-order valence-corrected chi connectivity index (χ3v) is 3.33. The predicted octanol–water partition coefficient (Wildman–Crippen LogP) is 2.71. The van der Waals surface area contributed by atoms with Gasteiger partial charge in [0.15, 0.2) is 0 Å². The van der Waals surface area contributed by atoms with Gasteiger partial charge in [0.1, 0.15) is 5.75 Å². The molecule has 2 N–H and O–H groups in total. The highest BCUT2D eigenvalue weighted by Gasteiger charge is 2.10. The number of hydrogen-bond acceptors (Lipinski definition) is 4. The van der Waals surface area contributed by atoms with Crippen LogP contribution in [0.25, 0.3) is 0 Å². The topological polar surface area (TPSA) is 75.6 Å². The average molecular weight is 277 g/mol. The minimum atomic E-state index is -0.999. The van der Waals surface area contributed by atoms with Gasteiger partial charge in [0.25, 0.3) is 5.91 Å². The SMILES string of the molecule is COc1csc(C(=O)Nc2ccc(C(=O)O)cc2)c1. The first-order valence-corrected chi connectivity index (χ1v) is 6.25. The highest BCUT2D eigenvalue weighted by Crippen LogP contribution is 2.22. The van der Waals surface area contributed by atoms with Crippen LogP contribution >= 0.6 is 11.3 Å². The zero-order valence-corrected chi connectivity index (χ0v) is 10.9. The van der Waals surface area contributed by atoms with Gasteiger partial charge in [-0.15, -0.1) is 11.3 Å². The van der Waals surface area contributed by atoms with Crippen LogP contribution in [-0.4, -0.2) is 24.1 Å². The van der Waals surface area contributed by atoms with Gasteiger partial charge in [0.05, 0.1) is 17.6 Å². The van der Waals surface area contributed by atoms with Crippen molar-refractivity contribution in [2.75, 3.05) is 12.4 Å². The van der Waals surface area contributed by atoms with Crippen molar-refractivity contribution in [3.05, 3.63) is 46.2 Å². The van der Waals surface area contributed by atoms with Crippen molar-refractivity contribution in [3.63, 3.8) is 0 Å². The Bertz CT molecular complexity index is 603. The molecule has 0 fully saturated rings. The Morgan fingerprint density at radius 3 is 2.47 bits per heavy atom. The van der Waals surface area contributed by atoms with Gasteiger partial charge in [0.2, 0.25) is 0 Å². The van der Waals surface area contributed by atoms with Crippen LogP contribution in [0.2, 0.25) is 0 Å². The Morgan fingerprint density at radius 1 is 1.26 bits per heavy atom. The number of anilines is 1. The van der Waals surface area contributed by atoms with Gasteiger partial charge in [-0.1, -0.05) is 0 Å². The number of carbonyl (C=O) groups excluding carboxylic acids is 1. The van der Waals surface area contributed by atoms with Crippen molar-refractivity contribution >= 4 is 28.9 Å². The summed E-state index contributed by atoms with van der Waals surface area (Å²) in [5, 5.41) is 13.2. The first kappa shape index (κ1) is 13.1. The molecule has 1 amide bonds. The smallest absolute Gasteiger partial charge is 0.335 e. The molecule has 0 aliphatic carbocycles. The molecule has 0 spiro atoms. The van der Waals surface area contributed by atoms with Crippen molar-refractivity contribution in [2.45, 2.75) is 0 Å². The quantitative estimate of drug-likeness (QED) is 0.901. The van der Waals surface area contributed by atoms with Gasteiger partial charge in [-0.2, -0.15) is 0 Å². The van der Waals surface area contributed by atoms with E-state index in [2.05, 4.69) is 5.32 Å². The van der Waals surface area contributed by atoms with E-state index in [1.165, 1.54) is 30.6 Å². The number of thiophene rings is 1. The van der Waals surface area contributed by atoms with E-state index >= 15 is 0 Å². The largest absolute Gasteiger partial charge is 0.496 e. The van der Waals surface area contributed by atoms with E-state index in [1.807, 2.05) is 0 Å². The Labute approximate surface area is 113 Å². The van der Waals surface area contributed by atoms with Crippen LogP contribution in [0.1, 0.15) is 20.0 Å². The third-order valence-electron chi connectivity index (χ3n) is 2.42. The highest BCUT2D eigenvalue weighted by atomic mass is 32.1. The van der Waals surface area contributed by atoms with Gasteiger partial charge < -0.3 is 15.2 Å². The summed E-state index contributed by atoms with van der Waals surface area (Å²) in [6.07, 6.45) is 0. The molecule has 19 heavy (non-hydrogen) atoms. The lowest BCUT2D eigenvalue weighted by Gasteiger charge is -2.03. The van der Waals surface area contributed by atoms with Crippen LogP contribution in [0.5, 0.6) is 5.75 Å². The minimum Gasteiger partial charge on any atom is -0.496 e. The molecule has 0 bridgehead atoms. The third kappa shape index (κ3) is 3.11. The minimum absolute atomic E-state index is 0.177. The molecule has 5 nitrogen and oxygen atoms in total. The highest BCUT2D eigenvalue weighted by molar-refractivity contribution is 7.12. The van der Waals surface area contributed by atoms with E-state index in [9.17, 15) is 9.59 Å². The maximum Gasteiger partial charge on any atom is 0.335 e. The number of rotatable bonds is 4. The second kappa shape index (κ2) is 5.53. The van der Waals surface area contributed by atoms with E-state index in [0.717, 1.165) is 0 Å². The summed E-state index contributed by atoms with van der Waals surface area (Å²) in [5.41, 5.74) is 0.721. The molecule has 2 rings (SSSR count). The summed E-state index contributed by atoms with van der Waals surface area (Å²) < 4.78 is 5.00. The Balaban J connectivity index is 2.08. The molecule has 1 aromatic carbocycles. The van der Waals surface area contributed by atoms with E-state index in [0.29, 0.717) is 16.3 Å². The summed E-state index contributed by atoms with van der Waals surface area (Å²) in [6.45, 7) is 0. The maximum absolute atomic E-state index is 11.9. The number of carbonyl (C=O) groups is 2. The van der Waals surface area contributed by atoms with Crippen molar-refractivity contribution in [1.29, 1.82) is 0 Å². The van der Waals surface area contributed by atoms with Gasteiger partial charge >= 0.3 is 5.97 Å². The number of amides is 1. The zero-order chi connectivity index (χ0) is 13.8. The molecule has 0 saturated heterocycles. The van der Waals surface area contributed by atoms with Crippen LogP contribution in [-0.2, 0) is 0 Å². The molecule has 0 aliphatic heterocycles. The molecular weight excluding hydrogens is 266 g/mol. The first-order valence-electron chi connectivity index (χ1n) is 5.37. The molecule has 1 heterocycles. The predicted molar refractivity (Wildman–Crippen MR) is 72.2 cm³/mol. The van der Waals surface area contributed by atoms with Crippen molar-refractivity contribution in [1.82, 2.24) is 0 Å². The number of hydrogen-bond donors (Lipinski definition) is 2. The molecule has 0 unspecified atom stereocenters. The molecule has 1 aromatic heterocycles. The van der Waals surface area contributed by atoms with Gasteiger partial charge in [-0.3, -0.25) is 4.79 Å². The maximum atomic E-state index is 11.9. The van der Waals surface area contributed by atoms with Gasteiger partial charge in [-0.25, -0.2) is 4.79 Å².